The normalized spacial score (nSPS) is 27.8. The van der Waals surface area contributed by atoms with Crippen molar-refractivity contribution < 1.29 is 19.1 Å². The van der Waals surface area contributed by atoms with Crippen LogP contribution in [0.1, 0.15) is 54.0 Å². The molecule has 0 radical (unpaired) electrons. The van der Waals surface area contributed by atoms with E-state index in [-0.39, 0.29) is 54.1 Å². The van der Waals surface area contributed by atoms with Crippen molar-refractivity contribution in [2.45, 2.75) is 85.3 Å². The monoisotopic (exact) mass is 389 g/mol. The molecule has 1 saturated heterocycles. The first-order valence-electron chi connectivity index (χ1n) is 10.3. The number of benzene rings is 1. The number of hydrogen-bond donors (Lipinski definition) is 0. The molecule has 1 aromatic rings. The van der Waals surface area contributed by atoms with Crippen LogP contribution in [0.25, 0.3) is 0 Å². The van der Waals surface area contributed by atoms with E-state index in [1.54, 1.807) is 0 Å². The van der Waals surface area contributed by atoms with Gasteiger partial charge in [-0.15, -0.1) is 0 Å². The predicted octanol–water partition coefficient (Wildman–Crippen LogP) is 3.85. The van der Waals surface area contributed by atoms with E-state index in [1.165, 1.54) is 24.3 Å². The van der Waals surface area contributed by atoms with Crippen LogP contribution in [0.5, 0.6) is 0 Å². The third-order valence-electron chi connectivity index (χ3n) is 5.43. The lowest BCUT2D eigenvalue weighted by molar-refractivity contribution is -0.214. The molecular weight excluding hydrogens is 354 g/mol. The molecule has 5 nitrogen and oxygen atoms in total. The Bertz CT molecular complexity index is 644. The van der Waals surface area contributed by atoms with Gasteiger partial charge in [0.15, 0.2) is 0 Å². The average molecular weight is 390 g/mol. The van der Waals surface area contributed by atoms with Gasteiger partial charge in [-0.25, -0.2) is 0 Å². The second-order valence-corrected chi connectivity index (χ2v) is 8.48. The van der Waals surface area contributed by atoms with Crippen molar-refractivity contribution in [3.8, 4) is 0 Å². The highest BCUT2D eigenvalue weighted by Crippen LogP contribution is 2.36. The highest BCUT2D eigenvalue weighted by Gasteiger charge is 2.49. The Kier molecular flexibility index (Phi) is 7.79. The second-order valence-electron chi connectivity index (χ2n) is 8.48. The summed E-state index contributed by atoms with van der Waals surface area (Å²) >= 11 is 0. The van der Waals surface area contributed by atoms with Crippen molar-refractivity contribution in [2.24, 2.45) is 11.8 Å². The zero-order valence-electron chi connectivity index (χ0n) is 18.2. The molecule has 1 fully saturated rings. The molecule has 2 rings (SSSR count). The van der Waals surface area contributed by atoms with E-state index in [4.69, 9.17) is 9.47 Å². The van der Waals surface area contributed by atoms with Crippen molar-refractivity contribution in [1.29, 1.82) is 0 Å². The molecule has 0 spiro atoms. The number of nitrogens with zero attached hydrogens (tertiary/aromatic N) is 1. The molecule has 0 saturated carbocycles. The number of rotatable bonds is 6. The minimum atomic E-state index is -0.342. The SMILES string of the molecule is CC(=O)N(C(C)=O)C1[C@H](C(C)C)OC(Cc2ccccc2)[C@H](OC(C)C)[C@@H]1C. The first-order valence-corrected chi connectivity index (χ1v) is 10.3. The Morgan fingerprint density at radius 3 is 2.11 bits per heavy atom. The predicted molar refractivity (Wildman–Crippen MR) is 110 cm³/mol. The minimum Gasteiger partial charge on any atom is -0.372 e. The molecule has 28 heavy (non-hydrogen) atoms. The van der Waals surface area contributed by atoms with Gasteiger partial charge in [-0.2, -0.15) is 0 Å². The van der Waals surface area contributed by atoms with Gasteiger partial charge in [-0.05, 0) is 25.3 Å². The van der Waals surface area contributed by atoms with Crippen LogP contribution < -0.4 is 0 Å². The summed E-state index contributed by atoms with van der Waals surface area (Å²) in [6.45, 7) is 13.1. The Morgan fingerprint density at radius 1 is 1.07 bits per heavy atom. The Balaban J connectivity index is 2.41. The Hall–Kier alpha value is -1.72. The molecule has 2 unspecified atom stereocenters. The topological polar surface area (TPSA) is 55.8 Å². The minimum absolute atomic E-state index is 0.0219. The lowest BCUT2D eigenvalue weighted by Gasteiger charge is -2.50. The molecule has 2 amide bonds. The van der Waals surface area contributed by atoms with Gasteiger partial charge in [0, 0.05) is 26.2 Å². The number of imide groups is 1. The van der Waals surface area contributed by atoms with Gasteiger partial charge < -0.3 is 9.47 Å². The first kappa shape index (κ1) is 22.6. The molecule has 0 N–H and O–H groups in total. The molecule has 156 valence electrons. The maximum absolute atomic E-state index is 12.3. The third-order valence-corrected chi connectivity index (χ3v) is 5.43. The fraction of sp³-hybridized carbons (Fsp3) is 0.652. The second kappa shape index (κ2) is 9.66. The van der Waals surface area contributed by atoms with E-state index in [9.17, 15) is 9.59 Å². The van der Waals surface area contributed by atoms with Crippen LogP contribution in [0, 0.1) is 11.8 Å². The molecule has 0 bridgehead atoms. The first-order chi connectivity index (χ1) is 13.1. The van der Waals surface area contributed by atoms with Gasteiger partial charge in [0.2, 0.25) is 11.8 Å². The lowest BCUT2D eigenvalue weighted by Crippen LogP contribution is -2.64. The highest BCUT2D eigenvalue weighted by molar-refractivity contribution is 5.93. The largest absolute Gasteiger partial charge is 0.372 e. The van der Waals surface area contributed by atoms with E-state index >= 15 is 0 Å². The maximum atomic E-state index is 12.3. The van der Waals surface area contributed by atoms with E-state index in [2.05, 4.69) is 32.9 Å². The van der Waals surface area contributed by atoms with Crippen LogP contribution in [-0.2, 0) is 25.5 Å². The summed E-state index contributed by atoms with van der Waals surface area (Å²) in [6.07, 6.45) is 0.182. The summed E-state index contributed by atoms with van der Waals surface area (Å²) in [5.41, 5.74) is 1.19. The third kappa shape index (κ3) is 5.21. The van der Waals surface area contributed by atoms with Gasteiger partial charge in [0.25, 0.3) is 0 Å². The van der Waals surface area contributed by atoms with E-state index < -0.39 is 0 Å². The summed E-state index contributed by atoms with van der Waals surface area (Å²) in [5.74, 6) is -0.371. The van der Waals surface area contributed by atoms with Crippen molar-refractivity contribution in [2.75, 3.05) is 0 Å². The van der Waals surface area contributed by atoms with Crippen LogP contribution in [0.2, 0.25) is 0 Å². The van der Waals surface area contributed by atoms with Gasteiger partial charge in [0.05, 0.1) is 30.5 Å². The molecule has 1 aliphatic rings. The van der Waals surface area contributed by atoms with Gasteiger partial charge in [-0.3, -0.25) is 14.5 Å². The Labute approximate surface area is 169 Å². The maximum Gasteiger partial charge on any atom is 0.226 e. The van der Waals surface area contributed by atoms with Gasteiger partial charge in [0.1, 0.15) is 0 Å². The van der Waals surface area contributed by atoms with Crippen LogP contribution in [0.15, 0.2) is 30.3 Å². The fourth-order valence-corrected chi connectivity index (χ4v) is 4.30. The lowest BCUT2D eigenvalue weighted by atomic mass is 9.79. The standard InChI is InChI=1S/C23H35NO4/c1-14(2)22-21(24(17(6)25)18(7)26)16(5)23(27-15(3)4)20(28-22)13-19-11-9-8-10-12-19/h8-12,14-16,20-23H,13H2,1-7H3/t16-,20?,21?,22+,23-/m1/s1. The van der Waals surface area contributed by atoms with Crippen LogP contribution in [0.3, 0.4) is 0 Å². The zero-order chi connectivity index (χ0) is 21.0. The summed E-state index contributed by atoms with van der Waals surface area (Å²) in [7, 11) is 0. The number of carbonyl (C=O) groups is 2. The number of carbonyl (C=O) groups excluding carboxylic acids is 2. The molecule has 5 atom stereocenters. The van der Waals surface area contributed by atoms with Crippen LogP contribution in [0.4, 0.5) is 0 Å². The summed E-state index contributed by atoms with van der Waals surface area (Å²) in [5, 5.41) is 0. The summed E-state index contributed by atoms with van der Waals surface area (Å²) < 4.78 is 12.8. The number of ether oxygens (including phenoxy) is 2. The molecule has 0 aliphatic carbocycles. The van der Waals surface area contributed by atoms with Gasteiger partial charge in [-0.1, -0.05) is 51.1 Å². The van der Waals surface area contributed by atoms with Crippen molar-refractivity contribution in [1.82, 2.24) is 4.90 Å². The molecular formula is C23H35NO4. The molecule has 1 heterocycles. The van der Waals surface area contributed by atoms with Crippen LogP contribution >= 0.6 is 0 Å². The highest BCUT2D eigenvalue weighted by atomic mass is 16.6. The fourth-order valence-electron chi connectivity index (χ4n) is 4.30. The molecule has 1 aliphatic heterocycles. The molecule has 1 aromatic carbocycles. The van der Waals surface area contributed by atoms with Crippen molar-refractivity contribution in [3.63, 3.8) is 0 Å². The average Bonchev–Trinajstić information content (AvgIpc) is 2.59. The molecule has 5 heteroatoms. The quantitative estimate of drug-likeness (QED) is 0.742. The summed E-state index contributed by atoms with van der Waals surface area (Å²) in [4.78, 5) is 26.0. The zero-order valence-corrected chi connectivity index (χ0v) is 18.2. The van der Waals surface area contributed by atoms with Gasteiger partial charge >= 0.3 is 0 Å². The van der Waals surface area contributed by atoms with Crippen molar-refractivity contribution in [3.05, 3.63) is 35.9 Å². The number of hydrogen-bond acceptors (Lipinski definition) is 4. The number of amides is 2. The smallest absolute Gasteiger partial charge is 0.226 e. The Morgan fingerprint density at radius 2 is 1.64 bits per heavy atom. The summed E-state index contributed by atoms with van der Waals surface area (Å²) in [6, 6.07) is 9.89. The van der Waals surface area contributed by atoms with Crippen LogP contribution in [-0.4, -0.2) is 47.2 Å². The van der Waals surface area contributed by atoms with E-state index in [0.29, 0.717) is 0 Å². The van der Waals surface area contributed by atoms with E-state index in [1.807, 2.05) is 32.0 Å². The van der Waals surface area contributed by atoms with E-state index in [0.717, 1.165) is 6.42 Å². The van der Waals surface area contributed by atoms with Crippen molar-refractivity contribution >= 4 is 11.8 Å². The molecule has 0 aromatic heterocycles.